The van der Waals surface area contributed by atoms with Gasteiger partial charge < -0.3 is 4.98 Å². The molecule has 0 aliphatic carbocycles. The van der Waals surface area contributed by atoms with E-state index < -0.39 is 20.3 Å². The SMILES string of the molecule is CS(=O)(=O)c1cnc(-c2ccn(Cc3ccccc3F)n2)[nH]c1=O. The molecule has 1 N–H and O–H groups in total. The van der Waals surface area contributed by atoms with Crippen LogP contribution >= 0.6 is 0 Å². The molecule has 2 heterocycles. The summed E-state index contributed by atoms with van der Waals surface area (Å²) in [5.41, 5.74) is 0.0654. The molecule has 1 aromatic carbocycles. The molecule has 7 nitrogen and oxygen atoms in total. The molecule has 0 unspecified atom stereocenters. The number of nitrogens with zero attached hydrogens (tertiary/aromatic N) is 3. The molecule has 3 rings (SSSR count). The van der Waals surface area contributed by atoms with Crippen LogP contribution in [0.5, 0.6) is 0 Å². The van der Waals surface area contributed by atoms with E-state index in [1.807, 2.05) is 0 Å². The highest BCUT2D eigenvalue weighted by atomic mass is 32.2. The molecule has 24 heavy (non-hydrogen) atoms. The zero-order valence-electron chi connectivity index (χ0n) is 12.6. The topological polar surface area (TPSA) is 97.7 Å². The van der Waals surface area contributed by atoms with E-state index in [2.05, 4.69) is 15.1 Å². The van der Waals surface area contributed by atoms with Gasteiger partial charge in [-0.3, -0.25) is 9.48 Å². The first kappa shape index (κ1) is 16.1. The fraction of sp³-hybridized carbons (Fsp3) is 0.133. The van der Waals surface area contributed by atoms with E-state index in [0.29, 0.717) is 11.3 Å². The van der Waals surface area contributed by atoms with Crippen LogP contribution in [0.3, 0.4) is 0 Å². The molecule has 0 amide bonds. The molecule has 0 saturated heterocycles. The monoisotopic (exact) mass is 348 g/mol. The summed E-state index contributed by atoms with van der Waals surface area (Å²) in [6, 6.07) is 7.94. The second-order valence-corrected chi connectivity index (χ2v) is 7.17. The smallest absolute Gasteiger partial charge is 0.270 e. The van der Waals surface area contributed by atoms with Crippen LogP contribution in [0.15, 0.2) is 52.4 Å². The maximum absolute atomic E-state index is 13.7. The Morgan fingerprint density at radius 3 is 2.67 bits per heavy atom. The highest BCUT2D eigenvalue weighted by Gasteiger charge is 2.15. The predicted octanol–water partition coefficient (Wildman–Crippen LogP) is 1.22. The van der Waals surface area contributed by atoms with Crippen LogP contribution in [0.4, 0.5) is 4.39 Å². The molecule has 0 radical (unpaired) electrons. The number of benzene rings is 1. The van der Waals surface area contributed by atoms with Gasteiger partial charge in [0.2, 0.25) is 0 Å². The van der Waals surface area contributed by atoms with E-state index in [9.17, 15) is 17.6 Å². The molecule has 0 atom stereocenters. The van der Waals surface area contributed by atoms with Crippen molar-refractivity contribution in [1.82, 2.24) is 19.7 Å². The minimum atomic E-state index is -3.65. The number of H-pyrrole nitrogens is 1. The van der Waals surface area contributed by atoms with Crippen molar-refractivity contribution in [2.75, 3.05) is 6.26 Å². The molecule has 0 aliphatic heterocycles. The standard InChI is InChI=1S/C15H13FN4O3S/c1-24(22,23)13-8-17-14(18-15(13)21)12-6-7-20(19-12)9-10-4-2-3-5-11(10)16/h2-8H,9H2,1H3,(H,17,18,21). The second-order valence-electron chi connectivity index (χ2n) is 5.19. The van der Waals surface area contributed by atoms with Gasteiger partial charge in [-0.05, 0) is 12.1 Å². The molecule has 0 fully saturated rings. The minimum absolute atomic E-state index is 0.139. The lowest BCUT2D eigenvalue weighted by Crippen LogP contribution is -2.18. The van der Waals surface area contributed by atoms with Gasteiger partial charge in [-0.1, -0.05) is 18.2 Å². The molecule has 0 saturated carbocycles. The van der Waals surface area contributed by atoms with Gasteiger partial charge in [0.1, 0.15) is 16.4 Å². The molecule has 0 aliphatic rings. The van der Waals surface area contributed by atoms with Gasteiger partial charge in [0.25, 0.3) is 5.56 Å². The second kappa shape index (κ2) is 6.00. The Balaban J connectivity index is 1.90. The Morgan fingerprint density at radius 1 is 1.25 bits per heavy atom. The fourth-order valence-corrected chi connectivity index (χ4v) is 2.79. The quantitative estimate of drug-likeness (QED) is 0.765. The van der Waals surface area contributed by atoms with E-state index in [1.54, 1.807) is 30.5 Å². The normalized spacial score (nSPS) is 11.6. The van der Waals surface area contributed by atoms with Gasteiger partial charge in [-0.15, -0.1) is 0 Å². The van der Waals surface area contributed by atoms with Crippen LogP contribution in [-0.2, 0) is 16.4 Å². The number of nitrogens with one attached hydrogen (secondary N) is 1. The number of rotatable bonds is 4. The molecule has 0 spiro atoms. The zero-order chi connectivity index (χ0) is 17.3. The predicted molar refractivity (Wildman–Crippen MR) is 84.7 cm³/mol. The van der Waals surface area contributed by atoms with Crippen LogP contribution in [0.25, 0.3) is 11.5 Å². The van der Waals surface area contributed by atoms with Gasteiger partial charge in [-0.25, -0.2) is 17.8 Å². The molecule has 124 valence electrons. The van der Waals surface area contributed by atoms with E-state index in [4.69, 9.17) is 0 Å². The third kappa shape index (κ3) is 3.25. The van der Waals surface area contributed by atoms with Crippen molar-refractivity contribution in [1.29, 1.82) is 0 Å². The number of aromatic amines is 1. The fourth-order valence-electron chi connectivity index (χ4n) is 2.15. The van der Waals surface area contributed by atoms with Gasteiger partial charge in [0.05, 0.1) is 12.7 Å². The Kier molecular flexibility index (Phi) is 4.02. The maximum Gasteiger partial charge on any atom is 0.270 e. The van der Waals surface area contributed by atoms with Crippen LogP contribution in [-0.4, -0.2) is 34.4 Å². The van der Waals surface area contributed by atoms with E-state index >= 15 is 0 Å². The number of aromatic nitrogens is 4. The first-order valence-corrected chi connectivity index (χ1v) is 8.80. The molecular formula is C15H13FN4O3S. The lowest BCUT2D eigenvalue weighted by atomic mass is 10.2. The Hall–Kier alpha value is -2.81. The minimum Gasteiger partial charge on any atom is -0.304 e. The van der Waals surface area contributed by atoms with Crippen LogP contribution < -0.4 is 5.56 Å². The highest BCUT2D eigenvalue weighted by molar-refractivity contribution is 7.90. The van der Waals surface area contributed by atoms with Gasteiger partial charge >= 0.3 is 0 Å². The summed E-state index contributed by atoms with van der Waals surface area (Å²) in [6.07, 6.45) is 3.55. The van der Waals surface area contributed by atoms with Crippen molar-refractivity contribution < 1.29 is 12.8 Å². The summed E-state index contributed by atoms with van der Waals surface area (Å²) in [6.45, 7) is 0.221. The first-order valence-electron chi connectivity index (χ1n) is 6.91. The summed E-state index contributed by atoms with van der Waals surface area (Å²) >= 11 is 0. The third-order valence-corrected chi connectivity index (χ3v) is 4.43. The molecule has 3 aromatic rings. The van der Waals surface area contributed by atoms with Gasteiger partial charge in [0.15, 0.2) is 15.7 Å². The molecule has 9 heteroatoms. The van der Waals surface area contributed by atoms with Crippen LogP contribution in [0, 0.1) is 5.82 Å². The number of hydrogen-bond donors (Lipinski definition) is 1. The number of halogens is 1. The van der Waals surface area contributed by atoms with E-state index in [0.717, 1.165) is 12.5 Å². The van der Waals surface area contributed by atoms with Crippen LogP contribution in [0.2, 0.25) is 0 Å². The summed E-state index contributed by atoms with van der Waals surface area (Å²) in [4.78, 5) is 17.8. The molecule has 2 aromatic heterocycles. The van der Waals surface area contributed by atoms with Crippen molar-refractivity contribution in [3.63, 3.8) is 0 Å². The summed E-state index contributed by atoms with van der Waals surface area (Å²) < 4.78 is 38.0. The maximum atomic E-state index is 13.7. The lowest BCUT2D eigenvalue weighted by molar-refractivity contribution is 0.585. The van der Waals surface area contributed by atoms with Crippen LogP contribution in [0.1, 0.15) is 5.56 Å². The zero-order valence-corrected chi connectivity index (χ0v) is 13.4. The summed E-state index contributed by atoms with van der Waals surface area (Å²) in [7, 11) is -3.65. The average molecular weight is 348 g/mol. The van der Waals surface area contributed by atoms with Crippen molar-refractivity contribution in [2.45, 2.75) is 11.4 Å². The Bertz CT molecular complexity index is 1060. The number of sulfone groups is 1. The van der Waals surface area contributed by atoms with Gasteiger partial charge in [-0.2, -0.15) is 5.10 Å². The van der Waals surface area contributed by atoms with E-state index in [-0.39, 0.29) is 18.2 Å². The lowest BCUT2D eigenvalue weighted by Gasteiger charge is -2.03. The van der Waals surface area contributed by atoms with Crippen molar-refractivity contribution >= 4 is 9.84 Å². The van der Waals surface area contributed by atoms with Crippen molar-refractivity contribution in [2.24, 2.45) is 0 Å². The summed E-state index contributed by atoms with van der Waals surface area (Å²) in [5, 5.41) is 4.22. The third-order valence-electron chi connectivity index (χ3n) is 3.34. The summed E-state index contributed by atoms with van der Waals surface area (Å²) in [5.74, 6) is -0.196. The largest absolute Gasteiger partial charge is 0.304 e. The van der Waals surface area contributed by atoms with Crippen molar-refractivity contribution in [3.8, 4) is 11.5 Å². The molecular weight excluding hydrogens is 335 g/mol. The highest BCUT2D eigenvalue weighted by Crippen LogP contribution is 2.13. The van der Waals surface area contributed by atoms with Crippen molar-refractivity contribution in [3.05, 3.63) is 64.5 Å². The average Bonchev–Trinajstić information content (AvgIpc) is 2.97. The van der Waals surface area contributed by atoms with E-state index in [1.165, 1.54) is 10.7 Å². The first-order chi connectivity index (χ1) is 11.3. The molecule has 0 bridgehead atoms. The van der Waals surface area contributed by atoms with Gasteiger partial charge in [0, 0.05) is 18.0 Å². The Labute approximate surface area is 136 Å². The number of hydrogen-bond acceptors (Lipinski definition) is 5. The Morgan fingerprint density at radius 2 is 2.00 bits per heavy atom.